The van der Waals surface area contributed by atoms with Gasteiger partial charge in [0, 0.05) is 18.4 Å². The quantitative estimate of drug-likeness (QED) is 0.847. The zero-order valence-electron chi connectivity index (χ0n) is 11.8. The van der Waals surface area contributed by atoms with Crippen molar-refractivity contribution >= 4 is 11.9 Å². The second-order valence-corrected chi connectivity index (χ2v) is 5.60. The lowest BCUT2D eigenvalue weighted by atomic mass is 9.92. The Morgan fingerprint density at radius 1 is 1.19 bits per heavy atom. The molecule has 0 spiro atoms. The molecule has 0 aliphatic heterocycles. The van der Waals surface area contributed by atoms with Gasteiger partial charge in [0.05, 0.1) is 6.42 Å². The van der Waals surface area contributed by atoms with E-state index in [1.165, 1.54) is 12.1 Å². The van der Waals surface area contributed by atoms with Crippen LogP contribution < -0.4 is 5.32 Å². The van der Waals surface area contributed by atoms with Crippen LogP contribution in [0.15, 0.2) is 24.3 Å². The number of carboxylic acids is 1. The predicted octanol–water partition coefficient (Wildman–Crippen LogP) is 2.83. The minimum Gasteiger partial charge on any atom is -0.481 e. The van der Waals surface area contributed by atoms with E-state index in [1.807, 2.05) is 0 Å². The Bertz CT molecular complexity index is 495. The van der Waals surface area contributed by atoms with E-state index in [4.69, 9.17) is 5.11 Å². The number of carbonyl (C=O) groups excluding carboxylic acids is 1. The molecule has 0 radical (unpaired) electrons. The van der Waals surface area contributed by atoms with Crippen LogP contribution in [0, 0.1) is 5.82 Å². The lowest BCUT2D eigenvalue weighted by Crippen LogP contribution is -2.33. The number of carboxylic acid groups (broad SMARTS) is 1. The van der Waals surface area contributed by atoms with Crippen molar-refractivity contribution < 1.29 is 19.1 Å². The maximum absolute atomic E-state index is 13.0. The van der Waals surface area contributed by atoms with Gasteiger partial charge in [-0.3, -0.25) is 9.59 Å². The van der Waals surface area contributed by atoms with E-state index in [2.05, 4.69) is 5.32 Å². The summed E-state index contributed by atoms with van der Waals surface area (Å²) in [4.78, 5) is 23.0. The Labute approximate surface area is 123 Å². The van der Waals surface area contributed by atoms with E-state index in [9.17, 15) is 14.0 Å². The van der Waals surface area contributed by atoms with Crippen LogP contribution in [0.1, 0.15) is 50.0 Å². The molecule has 1 saturated carbocycles. The molecule has 4 nitrogen and oxygen atoms in total. The molecule has 1 aromatic rings. The molecule has 21 heavy (non-hydrogen) atoms. The first kappa shape index (κ1) is 15.5. The van der Waals surface area contributed by atoms with Gasteiger partial charge in [0.25, 0.3) is 0 Å². The fourth-order valence-electron chi connectivity index (χ4n) is 2.83. The molecule has 0 saturated heterocycles. The first-order valence-corrected chi connectivity index (χ1v) is 7.31. The second-order valence-electron chi connectivity index (χ2n) is 5.60. The molecule has 1 atom stereocenters. The summed E-state index contributed by atoms with van der Waals surface area (Å²) in [5, 5.41) is 11.9. The van der Waals surface area contributed by atoms with Gasteiger partial charge in [0.2, 0.25) is 5.91 Å². The molecule has 5 heteroatoms. The molecule has 0 heterocycles. The van der Waals surface area contributed by atoms with Crippen molar-refractivity contribution in [1.82, 2.24) is 5.32 Å². The smallest absolute Gasteiger partial charge is 0.303 e. The van der Waals surface area contributed by atoms with Crippen LogP contribution in [-0.4, -0.2) is 23.0 Å². The molecule has 1 aliphatic rings. The molecule has 1 unspecified atom stereocenters. The zero-order chi connectivity index (χ0) is 15.2. The topological polar surface area (TPSA) is 66.4 Å². The molecule has 1 fully saturated rings. The van der Waals surface area contributed by atoms with Crippen molar-refractivity contribution in [2.45, 2.75) is 50.5 Å². The SMILES string of the molecule is O=C(O)CC(CC(=O)NC1CCCC1)c1ccc(F)cc1. The highest BCUT2D eigenvalue weighted by molar-refractivity contribution is 5.78. The number of hydrogen-bond acceptors (Lipinski definition) is 2. The van der Waals surface area contributed by atoms with E-state index in [-0.39, 0.29) is 30.6 Å². The highest BCUT2D eigenvalue weighted by atomic mass is 19.1. The molecule has 1 aliphatic carbocycles. The zero-order valence-corrected chi connectivity index (χ0v) is 11.8. The highest BCUT2D eigenvalue weighted by Gasteiger charge is 2.22. The predicted molar refractivity (Wildman–Crippen MR) is 76.4 cm³/mol. The molecular weight excluding hydrogens is 273 g/mol. The highest BCUT2D eigenvalue weighted by Crippen LogP contribution is 2.25. The lowest BCUT2D eigenvalue weighted by molar-refractivity contribution is -0.137. The number of carbonyl (C=O) groups is 2. The monoisotopic (exact) mass is 293 g/mol. The molecule has 1 amide bonds. The average molecular weight is 293 g/mol. The van der Waals surface area contributed by atoms with E-state index in [0.29, 0.717) is 5.56 Å². The summed E-state index contributed by atoms with van der Waals surface area (Å²) in [7, 11) is 0. The van der Waals surface area contributed by atoms with Crippen LogP contribution >= 0.6 is 0 Å². The maximum atomic E-state index is 13.0. The fourth-order valence-corrected chi connectivity index (χ4v) is 2.83. The van der Waals surface area contributed by atoms with Crippen LogP contribution in [0.2, 0.25) is 0 Å². The Morgan fingerprint density at radius 2 is 1.81 bits per heavy atom. The number of aliphatic carboxylic acids is 1. The first-order valence-electron chi connectivity index (χ1n) is 7.31. The summed E-state index contributed by atoms with van der Waals surface area (Å²) in [6.45, 7) is 0. The molecule has 114 valence electrons. The van der Waals surface area contributed by atoms with Crippen LogP contribution in [-0.2, 0) is 9.59 Å². The minimum absolute atomic E-state index is 0.119. The van der Waals surface area contributed by atoms with Gasteiger partial charge < -0.3 is 10.4 Å². The molecule has 0 aromatic heterocycles. The van der Waals surface area contributed by atoms with Gasteiger partial charge in [0.1, 0.15) is 5.82 Å². The number of hydrogen-bond donors (Lipinski definition) is 2. The first-order chi connectivity index (χ1) is 10.0. The summed E-state index contributed by atoms with van der Waals surface area (Å²) >= 11 is 0. The van der Waals surface area contributed by atoms with Crippen molar-refractivity contribution in [1.29, 1.82) is 0 Å². The third-order valence-corrected chi connectivity index (χ3v) is 3.91. The third kappa shape index (κ3) is 4.85. The van der Waals surface area contributed by atoms with Gasteiger partial charge in [-0.15, -0.1) is 0 Å². The van der Waals surface area contributed by atoms with Crippen molar-refractivity contribution in [3.63, 3.8) is 0 Å². The van der Waals surface area contributed by atoms with Crippen molar-refractivity contribution in [2.24, 2.45) is 0 Å². The van der Waals surface area contributed by atoms with Crippen LogP contribution in [0.4, 0.5) is 4.39 Å². The van der Waals surface area contributed by atoms with Crippen molar-refractivity contribution in [2.75, 3.05) is 0 Å². The summed E-state index contributed by atoms with van der Waals surface area (Å²) in [6.07, 6.45) is 4.22. The average Bonchev–Trinajstić information content (AvgIpc) is 2.91. The van der Waals surface area contributed by atoms with Gasteiger partial charge in [-0.25, -0.2) is 4.39 Å². The second kappa shape index (κ2) is 7.20. The van der Waals surface area contributed by atoms with Crippen molar-refractivity contribution in [3.05, 3.63) is 35.6 Å². The standard InChI is InChI=1S/C16H20FNO3/c17-13-7-5-11(6-8-13)12(10-16(20)21)9-15(19)18-14-3-1-2-4-14/h5-8,12,14H,1-4,9-10H2,(H,18,19)(H,20,21). The number of nitrogens with one attached hydrogen (secondary N) is 1. The summed E-state index contributed by atoms with van der Waals surface area (Å²) in [5.41, 5.74) is 0.681. The van der Waals surface area contributed by atoms with Crippen molar-refractivity contribution in [3.8, 4) is 0 Å². The third-order valence-electron chi connectivity index (χ3n) is 3.91. The van der Waals surface area contributed by atoms with Gasteiger partial charge in [-0.1, -0.05) is 25.0 Å². The van der Waals surface area contributed by atoms with Gasteiger partial charge >= 0.3 is 5.97 Å². The summed E-state index contributed by atoms with van der Waals surface area (Å²) < 4.78 is 13.0. The van der Waals surface area contributed by atoms with Gasteiger partial charge in [0.15, 0.2) is 0 Å². The number of rotatable bonds is 6. The summed E-state index contributed by atoms with van der Waals surface area (Å²) in [6, 6.07) is 5.89. The van der Waals surface area contributed by atoms with Gasteiger partial charge in [-0.05, 0) is 30.5 Å². The van der Waals surface area contributed by atoms with Crippen LogP contribution in [0.25, 0.3) is 0 Å². The molecule has 0 bridgehead atoms. The van der Waals surface area contributed by atoms with Crippen LogP contribution in [0.3, 0.4) is 0 Å². The maximum Gasteiger partial charge on any atom is 0.303 e. The molecule has 2 N–H and O–H groups in total. The van der Waals surface area contributed by atoms with E-state index in [0.717, 1.165) is 25.7 Å². The van der Waals surface area contributed by atoms with E-state index < -0.39 is 11.9 Å². The molecule has 1 aromatic carbocycles. The van der Waals surface area contributed by atoms with Gasteiger partial charge in [-0.2, -0.15) is 0 Å². The van der Waals surface area contributed by atoms with E-state index >= 15 is 0 Å². The Kier molecular flexibility index (Phi) is 5.31. The fraction of sp³-hybridized carbons (Fsp3) is 0.500. The number of halogens is 1. The normalized spacial score (nSPS) is 16.6. The van der Waals surface area contributed by atoms with Crippen LogP contribution in [0.5, 0.6) is 0 Å². The Hall–Kier alpha value is -1.91. The largest absolute Gasteiger partial charge is 0.481 e. The number of benzene rings is 1. The molecule has 2 rings (SSSR count). The molecular formula is C16H20FNO3. The Morgan fingerprint density at radius 3 is 2.38 bits per heavy atom. The Balaban J connectivity index is 1.99. The lowest BCUT2D eigenvalue weighted by Gasteiger charge is -2.17. The van der Waals surface area contributed by atoms with E-state index in [1.54, 1.807) is 12.1 Å². The summed E-state index contributed by atoms with van der Waals surface area (Å²) in [5.74, 6) is -1.89. The minimum atomic E-state index is -0.960. The number of amides is 1.